The van der Waals surface area contributed by atoms with Crippen molar-refractivity contribution < 1.29 is 9.47 Å². The third-order valence-corrected chi connectivity index (χ3v) is 6.66. The minimum atomic E-state index is -0.0896. The highest BCUT2D eigenvalue weighted by Crippen LogP contribution is 2.55. The number of aryl methyl sites for hydroxylation is 1. The molecule has 0 N–H and O–H groups in total. The van der Waals surface area contributed by atoms with Crippen molar-refractivity contribution in [3.05, 3.63) is 119 Å². The van der Waals surface area contributed by atoms with Crippen molar-refractivity contribution in [1.29, 1.82) is 0 Å². The van der Waals surface area contributed by atoms with Crippen LogP contribution in [0.25, 0.3) is 21.5 Å². The molecular weight excluding hydrogens is 392 g/mol. The maximum atomic E-state index is 6.85. The Kier molecular flexibility index (Phi) is 4.39. The van der Waals surface area contributed by atoms with Crippen LogP contribution in [0, 0.1) is 6.92 Å². The van der Waals surface area contributed by atoms with E-state index in [4.69, 9.17) is 9.47 Å². The van der Waals surface area contributed by atoms with E-state index in [1.165, 1.54) is 43.8 Å². The first-order chi connectivity index (χ1) is 15.7. The lowest BCUT2D eigenvalue weighted by molar-refractivity contribution is 0.224. The highest BCUT2D eigenvalue weighted by atomic mass is 16.5. The fraction of sp³-hybridized carbons (Fsp3) is 0.133. The molecule has 0 aliphatic carbocycles. The Morgan fingerprint density at radius 3 is 1.84 bits per heavy atom. The molecule has 6 rings (SSSR count). The van der Waals surface area contributed by atoms with Gasteiger partial charge in [0.25, 0.3) is 0 Å². The molecule has 0 aromatic heterocycles. The molecule has 0 saturated heterocycles. The van der Waals surface area contributed by atoms with Crippen molar-refractivity contribution in [2.24, 2.45) is 0 Å². The smallest absolute Gasteiger partial charge is 0.135 e. The van der Waals surface area contributed by atoms with Crippen molar-refractivity contribution in [1.82, 2.24) is 0 Å². The van der Waals surface area contributed by atoms with E-state index in [2.05, 4.69) is 91.9 Å². The minimum Gasteiger partial charge on any atom is -0.497 e. The zero-order valence-electron chi connectivity index (χ0n) is 18.2. The number of methoxy groups -OCH3 is 1. The van der Waals surface area contributed by atoms with Crippen LogP contribution in [0.4, 0.5) is 0 Å². The summed E-state index contributed by atoms with van der Waals surface area (Å²) < 4.78 is 12.3. The molecule has 2 atom stereocenters. The van der Waals surface area contributed by atoms with Crippen molar-refractivity contribution in [2.75, 3.05) is 7.11 Å². The summed E-state index contributed by atoms with van der Waals surface area (Å²) >= 11 is 0. The maximum Gasteiger partial charge on any atom is 0.135 e. The average molecular weight is 417 g/mol. The van der Waals surface area contributed by atoms with Gasteiger partial charge in [0.15, 0.2) is 0 Å². The molecule has 5 aromatic rings. The van der Waals surface area contributed by atoms with Gasteiger partial charge >= 0.3 is 0 Å². The van der Waals surface area contributed by atoms with E-state index in [9.17, 15) is 0 Å². The lowest BCUT2D eigenvalue weighted by atomic mass is 9.82. The van der Waals surface area contributed by atoms with Crippen LogP contribution in [0.3, 0.4) is 0 Å². The predicted molar refractivity (Wildman–Crippen MR) is 131 cm³/mol. The molecule has 0 unspecified atom stereocenters. The number of fused-ring (bicyclic) bond motifs is 6. The first-order valence-corrected chi connectivity index (χ1v) is 11.0. The predicted octanol–water partition coefficient (Wildman–Crippen LogP) is 7.58. The summed E-state index contributed by atoms with van der Waals surface area (Å²) in [6.07, 6.45) is -0.0896. The van der Waals surface area contributed by atoms with E-state index in [1.54, 1.807) is 7.11 Å². The van der Waals surface area contributed by atoms with Crippen LogP contribution in [0.1, 0.15) is 34.3 Å². The second kappa shape index (κ2) is 7.42. The van der Waals surface area contributed by atoms with Gasteiger partial charge in [0.05, 0.1) is 13.0 Å². The van der Waals surface area contributed by atoms with Gasteiger partial charge in [-0.15, -0.1) is 0 Å². The van der Waals surface area contributed by atoms with Crippen LogP contribution in [0.5, 0.6) is 11.5 Å². The van der Waals surface area contributed by atoms with E-state index >= 15 is 0 Å². The van der Waals surface area contributed by atoms with Gasteiger partial charge in [-0.3, -0.25) is 0 Å². The Hall–Kier alpha value is -3.78. The Balaban J connectivity index is 1.66. The highest BCUT2D eigenvalue weighted by Gasteiger charge is 2.39. The zero-order chi connectivity index (χ0) is 21.7. The summed E-state index contributed by atoms with van der Waals surface area (Å²) in [6.45, 7) is 2.12. The third kappa shape index (κ3) is 2.87. The van der Waals surface area contributed by atoms with E-state index < -0.39 is 0 Å². The molecule has 1 aliphatic rings. The van der Waals surface area contributed by atoms with Crippen molar-refractivity contribution in [2.45, 2.75) is 18.9 Å². The molecule has 32 heavy (non-hydrogen) atoms. The average Bonchev–Trinajstić information content (AvgIpc) is 3.26. The number of benzene rings is 5. The zero-order valence-corrected chi connectivity index (χ0v) is 18.2. The van der Waals surface area contributed by atoms with Gasteiger partial charge in [0.2, 0.25) is 0 Å². The van der Waals surface area contributed by atoms with Crippen LogP contribution in [0.2, 0.25) is 0 Å². The maximum absolute atomic E-state index is 6.85. The van der Waals surface area contributed by atoms with Crippen molar-refractivity contribution in [3.63, 3.8) is 0 Å². The quantitative estimate of drug-likeness (QED) is 0.282. The van der Waals surface area contributed by atoms with E-state index in [0.717, 1.165) is 11.5 Å². The molecule has 156 valence electrons. The third-order valence-electron chi connectivity index (χ3n) is 6.66. The molecule has 0 amide bonds. The summed E-state index contributed by atoms with van der Waals surface area (Å²) in [5.41, 5.74) is 4.95. The number of rotatable bonds is 3. The summed E-state index contributed by atoms with van der Waals surface area (Å²) in [5.74, 6) is 1.96. The molecule has 1 aliphatic heterocycles. The number of hydrogen-bond acceptors (Lipinski definition) is 2. The van der Waals surface area contributed by atoms with Gasteiger partial charge in [-0.2, -0.15) is 0 Å². The Morgan fingerprint density at radius 1 is 0.625 bits per heavy atom. The number of ether oxygens (including phenoxy) is 2. The van der Waals surface area contributed by atoms with Crippen molar-refractivity contribution >= 4 is 21.5 Å². The molecule has 5 aromatic carbocycles. The lowest BCUT2D eigenvalue weighted by Gasteiger charge is -2.21. The van der Waals surface area contributed by atoms with Gasteiger partial charge in [-0.25, -0.2) is 0 Å². The van der Waals surface area contributed by atoms with Crippen LogP contribution >= 0.6 is 0 Å². The second-order valence-corrected chi connectivity index (χ2v) is 8.53. The Labute approximate surface area is 188 Å². The summed E-state index contributed by atoms with van der Waals surface area (Å²) in [7, 11) is 1.71. The number of hydrogen-bond donors (Lipinski definition) is 0. The minimum absolute atomic E-state index is 0.0896. The molecule has 0 saturated carbocycles. The molecule has 2 nitrogen and oxygen atoms in total. The Bertz CT molecular complexity index is 1430. The summed E-state index contributed by atoms with van der Waals surface area (Å²) in [6, 6.07) is 34.5. The SMILES string of the molecule is COc1ccc([C@@H]2c3c(c4ccccc4c4ccccc34)O[C@@H]2c2ccc(C)cc2)cc1. The molecule has 0 radical (unpaired) electrons. The van der Waals surface area contributed by atoms with Gasteiger partial charge in [0.1, 0.15) is 17.6 Å². The fourth-order valence-corrected chi connectivity index (χ4v) is 5.09. The first-order valence-electron chi connectivity index (χ1n) is 11.0. The highest BCUT2D eigenvalue weighted by molar-refractivity contribution is 6.13. The van der Waals surface area contributed by atoms with Crippen molar-refractivity contribution in [3.8, 4) is 11.5 Å². The summed E-state index contributed by atoms with van der Waals surface area (Å²) in [4.78, 5) is 0. The van der Waals surface area contributed by atoms with Crippen LogP contribution < -0.4 is 9.47 Å². The fourth-order valence-electron chi connectivity index (χ4n) is 5.09. The lowest BCUT2D eigenvalue weighted by Crippen LogP contribution is -2.11. The van der Waals surface area contributed by atoms with Gasteiger partial charge in [-0.05, 0) is 46.3 Å². The van der Waals surface area contributed by atoms with E-state index in [-0.39, 0.29) is 12.0 Å². The normalized spacial score (nSPS) is 17.3. The van der Waals surface area contributed by atoms with Crippen LogP contribution in [-0.4, -0.2) is 7.11 Å². The molecule has 0 bridgehead atoms. The van der Waals surface area contributed by atoms with Gasteiger partial charge in [-0.1, -0.05) is 90.5 Å². The Morgan fingerprint density at radius 2 is 1.19 bits per heavy atom. The second-order valence-electron chi connectivity index (χ2n) is 8.53. The first kappa shape index (κ1) is 18.9. The topological polar surface area (TPSA) is 18.5 Å². The van der Waals surface area contributed by atoms with E-state index in [0.29, 0.717) is 0 Å². The van der Waals surface area contributed by atoms with Crippen LogP contribution in [0.15, 0.2) is 97.1 Å². The van der Waals surface area contributed by atoms with Gasteiger partial charge in [0, 0.05) is 10.9 Å². The monoisotopic (exact) mass is 416 g/mol. The van der Waals surface area contributed by atoms with Gasteiger partial charge < -0.3 is 9.47 Å². The van der Waals surface area contributed by atoms with E-state index in [1.807, 2.05) is 12.1 Å². The standard InChI is InChI=1S/C30H24O2/c1-19-11-13-21(14-12-19)29-27(20-15-17-22(31-2)18-16-20)28-25-9-5-3-7-23(25)24-8-4-6-10-26(24)30(28)32-29/h3-18,27,29H,1-2H3/t27-,29-/m1/s1. The molecule has 0 spiro atoms. The molecule has 2 heteroatoms. The molecule has 1 heterocycles. The molecular formula is C30H24O2. The molecule has 0 fully saturated rings. The van der Waals surface area contributed by atoms with Crippen LogP contribution in [-0.2, 0) is 0 Å². The summed E-state index contributed by atoms with van der Waals surface area (Å²) in [5, 5.41) is 4.94. The largest absolute Gasteiger partial charge is 0.497 e.